The third-order valence-electron chi connectivity index (χ3n) is 2.94. The average molecular weight is 186 g/mol. The lowest BCUT2D eigenvalue weighted by Crippen LogP contribution is -1.86. The summed E-state index contributed by atoms with van der Waals surface area (Å²) >= 11 is 0. The summed E-state index contributed by atoms with van der Waals surface area (Å²) in [4.78, 5) is 0. The van der Waals surface area contributed by atoms with Gasteiger partial charge in [-0.3, -0.25) is 0 Å². The molecule has 0 nitrogen and oxygen atoms in total. The van der Waals surface area contributed by atoms with Gasteiger partial charge in [0.05, 0.1) is 0 Å². The number of rotatable bonds is 4. The van der Waals surface area contributed by atoms with Gasteiger partial charge in [0.25, 0.3) is 0 Å². The predicted octanol–water partition coefficient (Wildman–Crippen LogP) is 4.12. The maximum absolute atomic E-state index is 2.44. The molecule has 0 spiro atoms. The molecule has 1 aromatic carbocycles. The lowest BCUT2D eigenvalue weighted by atomic mass is 10.0. The van der Waals surface area contributed by atoms with E-state index in [1.54, 1.807) is 5.57 Å². The van der Waals surface area contributed by atoms with Gasteiger partial charge in [0.2, 0.25) is 0 Å². The fourth-order valence-electron chi connectivity index (χ4n) is 2.13. The van der Waals surface area contributed by atoms with Crippen molar-refractivity contribution in [3.8, 4) is 0 Å². The van der Waals surface area contributed by atoms with Gasteiger partial charge in [0, 0.05) is 0 Å². The van der Waals surface area contributed by atoms with Crippen molar-refractivity contribution >= 4 is 0 Å². The molecule has 0 bridgehead atoms. The van der Waals surface area contributed by atoms with Crippen molar-refractivity contribution < 1.29 is 0 Å². The first-order valence-electron chi connectivity index (χ1n) is 5.67. The minimum absolute atomic E-state index is 1.23. The molecule has 0 amide bonds. The Morgan fingerprint density at radius 1 is 1.00 bits per heavy atom. The van der Waals surface area contributed by atoms with Gasteiger partial charge in [-0.05, 0) is 44.1 Å². The number of hydrogen-bond donors (Lipinski definition) is 0. The molecule has 0 atom stereocenters. The van der Waals surface area contributed by atoms with Gasteiger partial charge in [-0.25, -0.2) is 0 Å². The molecule has 1 aliphatic rings. The molecule has 0 unspecified atom stereocenters. The standard InChI is InChI=1S/C14H18/c1-2-7-13(8-3-1)11-6-12-14-9-4-5-10-14/h1-3,7-9H,4-6,10-12H2. The maximum atomic E-state index is 2.44. The minimum atomic E-state index is 1.23. The summed E-state index contributed by atoms with van der Waals surface area (Å²) in [7, 11) is 0. The van der Waals surface area contributed by atoms with Crippen LogP contribution in [0.15, 0.2) is 42.0 Å². The van der Waals surface area contributed by atoms with Crippen LogP contribution < -0.4 is 0 Å². The Hall–Kier alpha value is -1.04. The van der Waals surface area contributed by atoms with E-state index in [0.29, 0.717) is 0 Å². The predicted molar refractivity (Wildman–Crippen MR) is 61.3 cm³/mol. The SMILES string of the molecule is C1=C(CCCc2ccccc2)CCC1. The van der Waals surface area contributed by atoms with Crippen LogP contribution in [0.5, 0.6) is 0 Å². The van der Waals surface area contributed by atoms with Crippen molar-refractivity contribution in [3.05, 3.63) is 47.5 Å². The quantitative estimate of drug-likeness (QED) is 0.620. The van der Waals surface area contributed by atoms with Crippen molar-refractivity contribution in [2.24, 2.45) is 0 Å². The first-order valence-corrected chi connectivity index (χ1v) is 5.67. The molecular weight excluding hydrogens is 168 g/mol. The normalized spacial score (nSPS) is 15.6. The number of hydrogen-bond acceptors (Lipinski definition) is 0. The topological polar surface area (TPSA) is 0 Å². The van der Waals surface area contributed by atoms with E-state index in [1.165, 1.54) is 44.1 Å². The summed E-state index contributed by atoms with van der Waals surface area (Å²) in [6, 6.07) is 10.8. The Kier molecular flexibility index (Phi) is 3.39. The molecule has 0 fully saturated rings. The molecule has 0 aliphatic heterocycles. The van der Waals surface area contributed by atoms with E-state index in [1.807, 2.05) is 0 Å². The minimum Gasteiger partial charge on any atom is -0.0853 e. The zero-order chi connectivity index (χ0) is 9.64. The Labute approximate surface area is 86.7 Å². The third kappa shape index (κ3) is 2.73. The summed E-state index contributed by atoms with van der Waals surface area (Å²) in [6.07, 6.45) is 10.4. The van der Waals surface area contributed by atoms with Crippen LogP contribution in [0.2, 0.25) is 0 Å². The maximum Gasteiger partial charge on any atom is -0.0276 e. The highest BCUT2D eigenvalue weighted by Crippen LogP contribution is 2.22. The lowest BCUT2D eigenvalue weighted by molar-refractivity contribution is 0.778. The van der Waals surface area contributed by atoms with Crippen LogP contribution in [0, 0.1) is 0 Å². The highest BCUT2D eigenvalue weighted by molar-refractivity contribution is 5.15. The summed E-state index contributed by atoms with van der Waals surface area (Å²) in [5, 5.41) is 0. The number of aryl methyl sites for hydroxylation is 1. The van der Waals surface area contributed by atoms with E-state index >= 15 is 0 Å². The second kappa shape index (κ2) is 4.99. The first-order chi connectivity index (χ1) is 6.95. The van der Waals surface area contributed by atoms with Gasteiger partial charge < -0.3 is 0 Å². The van der Waals surface area contributed by atoms with Crippen molar-refractivity contribution in [3.63, 3.8) is 0 Å². The Bertz CT molecular complexity index is 295. The van der Waals surface area contributed by atoms with Gasteiger partial charge in [0.1, 0.15) is 0 Å². The molecule has 1 aliphatic carbocycles. The third-order valence-corrected chi connectivity index (χ3v) is 2.94. The molecule has 0 heteroatoms. The molecule has 0 N–H and O–H groups in total. The molecule has 2 rings (SSSR count). The van der Waals surface area contributed by atoms with Gasteiger partial charge >= 0.3 is 0 Å². The highest BCUT2D eigenvalue weighted by Gasteiger charge is 2.03. The molecule has 1 aromatic rings. The molecule has 0 saturated heterocycles. The van der Waals surface area contributed by atoms with Crippen LogP contribution in [-0.4, -0.2) is 0 Å². The summed E-state index contributed by atoms with van der Waals surface area (Å²) in [5.41, 5.74) is 3.17. The Morgan fingerprint density at radius 2 is 1.86 bits per heavy atom. The molecule has 14 heavy (non-hydrogen) atoms. The first kappa shape index (κ1) is 9.51. The summed E-state index contributed by atoms with van der Waals surface area (Å²) in [6.45, 7) is 0. The Balaban J connectivity index is 1.73. The fraction of sp³-hybridized carbons (Fsp3) is 0.429. The van der Waals surface area contributed by atoms with Gasteiger partial charge in [-0.2, -0.15) is 0 Å². The largest absolute Gasteiger partial charge is 0.0853 e. The van der Waals surface area contributed by atoms with Crippen LogP contribution in [0.1, 0.15) is 37.7 Å². The average Bonchev–Trinajstić information content (AvgIpc) is 2.72. The van der Waals surface area contributed by atoms with Crippen LogP contribution in [0.3, 0.4) is 0 Å². The van der Waals surface area contributed by atoms with Crippen LogP contribution in [0.4, 0.5) is 0 Å². The van der Waals surface area contributed by atoms with Crippen molar-refractivity contribution in [2.75, 3.05) is 0 Å². The smallest absolute Gasteiger partial charge is 0.0276 e. The van der Waals surface area contributed by atoms with Crippen LogP contribution >= 0.6 is 0 Å². The van der Waals surface area contributed by atoms with E-state index in [-0.39, 0.29) is 0 Å². The van der Waals surface area contributed by atoms with E-state index in [4.69, 9.17) is 0 Å². The lowest BCUT2D eigenvalue weighted by Gasteiger charge is -2.02. The van der Waals surface area contributed by atoms with Crippen LogP contribution in [0.25, 0.3) is 0 Å². The fourth-order valence-corrected chi connectivity index (χ4v) is 2.13. The molecule has 0 saturated carbocycles. The molecule has 0 radical (unpaired) electrons. The van der Waals surface area contributed by atoms with Gasteiger partial charge in [-0.1, -0.05) is 42.0 Å². The molecule has 0 aromatic heterocycles. The van der Waals surface area contributed by atoms with Gasteiger partial charge in [-0.15, -0.1) is 0 Å². The molecule has 0 heterocycles. The van der Waals surface area contributed by atoms with E-state index in [9.17, 15) is 0 Å². The number of allylic oxidation sites excluding steroid dienone is 2. The molecule has 74 valence electrons. The van der Waals surface area contributed by atoms with E-state index in [2.05, 4.69) is 36.4 Å². The Morgan fingerprint density at radius 3 is 2.57 bits per heavy atom. The van der Waals surface area contributed by atoms with Gasteiger partial charge in [0.15, 0.2) is 0 Å². The van der Waals surface area contributed by atoms with Crippen LogP contribution in [-0.2, 0) is 6.42 Å². The zero-order valence-corrected chi connectivity index (χ0v) is 8.71. The molecular formula is C14H18. The van der Waals surface area contributed by atoms with E-state index < -0.39 is 0 Å². The highest BCUT2D eigenvalue weighted by atomic mass is 14.1. The monoisotopic (exact) mass is 186 g/mol. The van der Waals surface area contributed by atoms with Crippen molar-refractivity contribution in [1.29, 1.82) is 0 Å². The summed E-state index contributed by atoms with van der Waals surface area (Å²) < 4.78 is 0. The second-order valence-electron chi connectivity index (χ2n) is 4.09. The zero-order valence-electron chi connectivity index (χ0n) is 8.71. The number of benzene rings is 1. The van der Waals surface area contributed by atoms with Crippen molar-refractivity contribution in [1.82, 2.24) is 0 Å². The van der Waals surface area contributed by atoms with E-state index in [0.717, 1.165) is 0 Å². The summed E-state index contributed by atoms with van der Waals surface area (Å²) in [5.74, 6) is 0. The second-order valence-corrected chi connectivity index (χ2v) is 4.09. The van der Waals surface area contributed by atoms with Crippen molar-refractivity contribution in [2.45, 2.75) is 38.5 Å².